The Bertz CT molecular complexity index is 651. The number of esters is 1. The molecule has 3 heteroatoms. The van der Waals surface area contributed by atoms with E-state index in [2.05, 4.69) is 45.0 Å². The quantitative estimate of drug-likeness (QED) is 0.288. The zero-order valence-electron chi connectivity index (χ0n) is 20.2. The summed E-state index contributed by atoms with van der Waals surface area (Å²) >= 11 is 0. The highest BCUT2D eigenvalue weighted by Gasteiger charge is 2.28. The summed E-state index contributed by atoms with van der Waals surface area (Å²) in [6.45, 7) is 7.45. The van der Waals surface area contributed by atoms with Crippen molar-refractivity contribution in [1.82, 2.24) is 0 Å². The summed E-state index contributed by atoms with van der Waals surface area (Å²) in [6, 6.07) is 8.47. The maximum absolute atomic E-state index is 12.8. The molecule has 0 spiro atoms. The van der Waals surface area contributed by atoms with Crippen LogP contribution in [0.1, 0.15) is 109 Å². The number of rotatable bonds is 10. The van der Waals surface area contributed by atoms with Crippen LogP contribution in [-0.4, -0.2) is 18.9 Å². The summed E-state index contributed by atoms with van der Waals surface area (Å²) in [5.74, 6) is 0.995. The molecule has 174 valence electrons. The van der Waals surface area contributed by atoms with Crippen LogP contribution in [0.4, 0.5) is 0 Å². The molecule has 2 aliphatic carbocycles. The van der Waals surface area contributed by atoms with Crippen LogP contribution in [0.15, 0.2) is 24.3 Å². The van der Waals surface area contributed by atoms with Crippen LogP contribution in [0, 0.1) is 11.8 Å². The van der Waals surface area contributed by atoms with Crippen LogP contribution in [-0.2, 0) is 26.1 Å². The molecule has 0 aromatic heterocycles. The molecule has 0 N–H and O–H groups in total. The standard InChI is InChI=1S/C28H44O3/c1-4-28(2,3)25-17-15-23(16-18-25)21-26(29)31-27(24-13-9-6-10-14-24)30-20-19-22-11-7-5-8-12-22/h15-18,22,24,27H,4-14,19-21H2,1-3H3. The lowest BCUT2D eigenvalue weighted by molar-refractivity contribution is -0.194. The first-order chi connectivity index (χ1) is 15.0. The Labute approximate surface area is 190 Å². The van der Waals surface area contributed by atoms with Gasteiger partial charge in [-0.25, -0.2) is 0 Å². The molecule has 0 radical (unpaired) electrons. The Morgan fingerprint density at radius 3 is 2.19 bits per heavy atom. The summed E-state index contributed by atoms with van der Waals surface area (Å²) in [7, 11) is 0. The number of carbonyl (C=O) groups excluding carboxylic acids is 1. The van der Waals surface area contributed by atoms with Crippen LogP contribution in [0.5, 0.6) is 0 Å². The first-order valence-electron chi connectivity index (χ1n) is 12.9. The van der Waals surface area contributed by atoms with Crippen molar-refractivity contribution in [1.29, 1.82) is 0 Å². The Morgan fingerprint density at radius 2 is 1.58 bits per heavy atom. The van der Waals surface area contributed by atoms with E-state index in [1.54, 1.807) is 0 Å². The van der Waals surface area contributed by atoms with Gasteiger partial charge in [-0.15, -0.1) is 0 Å². The lowest BCUT2D eigenvalue weighted by Gasteiger charge is -2.30. The molecule has 1 aromatic carbocycles. The van der Waals surface area contributed by atoms with Gasteiger partial charge in [-0.05, 0) is 48.1 Å². The zero-order valence-corrected chi connectivity index (χ0v) is 20.2. The van der Waals surface area contributed by atoms with Crippen LogP contribution in [0.25, 0.3) is 0 Å². The van der Waals surface area contributed by atoms with E-state index in [0.29, 0.717) is 12.3 Å². The summed E-state index contributed by atoms with van der Waals surface area (Å²) in [5, 5.41) is 0. The van der Waals surface area contributed by atoms with Crippen molar-refractivity contribution in [2.45, 2.75) is 116 Å². The van der Waals surface area contributed by atoms with Crippen molar-refractivity contribution in [2.24, 2.45) is 11.8 Å². The maximum atomic E-state index is 12.8. The van der Waals surface area contributed by atoms with Crippen molar-refractivity contribution in [2.75, 3.05) is 6.61 Å². The third-order valence-electron chi connectivity index (χ3n) is 7.78. The molecule has 1 unspecified atom stereocenters. The number of hydrogen-bond donors (Lipinski definition) is 0. The molecular weight excluding hydrogens is 384 g/mol. The lowest BCUT2D eigenvalue weighted by atomic mass is 9.82. The van der Waals surface area contributed by atoms with E-state index in [0.717, 1.165) is 43.8 Å². The fraction of sp³-hybridized carbons (Fsp3) is 0.750. The largest absolute Gasteiger partial charge is 0.435 e. The first-order valence-corrected chi connectivity index (χ1v) is 12.9. The van der Waals surface area contributed by atoms with Gasteiger partial charge in [0.05, 0.1) is 13.0 Å². The molecule has 31 heavy (non-hydrogen) atoms. The molecule has 1 aromatic rings. The minimum atomic E-state index is -0.366. The van der Waals surface area contributed by atoms with Gasteiger partial charge in [-0.2, -0.15) is 0 Å². The predicted octanol–water partition coefficient (Wildman–Crippen LogP) is 7.35. The molecular formula is C28H44O3. The van der Waals surface area contributed by atoms with E-state index in [1.807, 2.05) is 0 Å². The molecule has 2 fully saturated rings. The average molecular weight is 429 g/mol. The normalized spacial score (nSPS) is 19.8. The smallest absolute Gasteiger partial charge is 0.312 e. The third kappa shape index (κ3) is 7.63. The van der Waals surface area contributed by atoms with Gasteiger partial charge in [-0.3, -0.25) is 4.79 Å². The van der Waals surface area contributed by atoms with Gasteiger partial charge >= 0.3 is 5.97 Å². The van der Waals surface area contributed by atoms with Crippen molar-refractivity contribution in [3.8, 4) is 0 Å². The molecule has 3 rings (SSSR count). The monoisotopic (exact) mass is 428 g/mol. The fourth-order valence-electron chi connectivity index (χ4n) is 5.12. The first kappa shape index (κ1) is 24.3. The zero-order chi connectivity index (χ0) is 22.1. The molecule has 3 nitrogen and oxygen atoms in total. The van der Waals surface area contributed by atoms with E-state index in [4.69, 9.17) is 9.47 Å². The molecule has 1 atom stereocenters. The van der Waals surface area contributed by atoms with Crippen molar-refractivity contribution in [3.63, 3.8) is 0 Å². The molecule has 2 aliphatic rings. The maximum Gasteiger partial charge on any atom is 0.312 e. The van der Waals surface area contributed by atoms with Gasteiger partial charge in [0.25, 0.3) is 0 Å². The third-order valence-corrected chi connectivity index (χ3v) is 7.78. The van der Waals surface area contributed by atoms with Gasteiger partial charge in [0, 0.05) is 5.92 Å². The van der Waals surface area contributed by atoms with Crippen LogP contribution < -0.4 is 0 Å². The van der Waals surface area contributed by atoms with Crippen molar-refractivity contribution >= 4 is 5.97 Å². The highest BCUT2D eigenvalue weighted by molar-refractivity contribution is 5.72. The number of hydrogen-bond acceptors (Lipinski definition) is 3. The number of ether oxygens (including phenoxy) is 2. The second kappa shape index (κ2) is 12.0. The molecule has 0 aliphatic heterocycles. The van der Waals surface area contributed by atoms with Gasteiger partial charge in [0.2, 0.25) is 6.29 Å². The topological polar surface area (TPSA) is 35.5 Å². The van der Waals surface area contributed by atoms with Crippen molar-refractivity contribution < 1.29 is 14.3 Å². The lowest BCUT2D eigenvalue weighted by Crippen LogP contribution is -2.32. The van der Waals surface area contributed by atoms with Gasteiger partial charge in [0.15, 0.2) is 0 Å². The summed E-state index contributed by atoms with van der Waals surface area (Å²) in [5.41, 5.74) is 2.50. The van der Waals surface area contributed by atoms with E-state index < -0.39 is 0 Å². The van der Waals surface area contributed by atoms with E-state index in [9.17, 15) is 4.79 Å². The fourth-order valence-corrected chi connectivity index (χ4v) is 5.12. The highest BCUT2D eigenvalue weighted by Crippen LogP contribution is 2.31. The SMILES string of the molecule is CCC(C)(C)c1ccc(CC(=O)OC(OCCC2CCCCC2)C2CCCCC2)cc1. The minimum absolute atomic E-state index is 0.157. The molecule has 0 heterocycles. The Hall–Kier alpha value is -1.35. The van der Waals surface area contributed by atoms with E-state index >= 15 is 0 Å². The second-order valence-corrected chi connectivity index (χ2v) is 10.5. The van der Waals surface area contributed by atoms with Crippen LogP contribution in [0.2, 0.25) is 0 Å². The van der Waals surface area contributed by atoms with E-state index in [1.165, 1.54) is 56.9 Å². The Morgan fingerprint density at radius 1 is 0.968 bits per heavy atom. The molecule has 0 bridgehead atoms. The Balaban J connectivity index is 1.53. The van der Waals surface area contributed by atoms with E-state index in [-0.39, 0.29) is 17.7 Å². The summed E-state index contributed by atoms with van der Waals surface area (Å²) in [4.78, 5) is 12.8. The van der Waals surface area contributed by atoms with Gasteiger partial charge < -0.3 is 9.47 Å². The highest BCUT2D eigenvalue weighted by atomic mass is 16.7. The molecule has 0 saturated heterocycles. The molecule has 0 amide bonds. The van der Waals surface area contributed by atoms with Gasteiger partial charge in [-0.1, -0.05) is 96.4 Å². The van der Waals surface area contributed by atoms with Crippen LogP contribution in [0.3, 0.4) is 0 Å². The predicted molar refractivity (Wildman–Crippen MR) is 127 cm³/mol. The van der Waals surface area contributed by atoms with Crippen LogP contribution >= 0.6 is 0 Å². The number of benzene rings is 1. The number of carbonyl (C=O) groups is 1. The molecule has 2 saturated carbocycles. The van der Waals surface area contributed by atoms with Gasteiger partial charge in [0.1, 0.15) is 0 Å². The second-order valence-electron chi connectivity index (χ2n) is 10.5. The summed E-state index contributed by atoms with van der Waals surface area (Å²) in [6.07, 6.45) is 14.9. The Kier molecular flexibility index (Phi) is 9.44. The average Bonchev–Trinajstić information content (AvgIpc) is 2.80. The van der Waals surface area contributed by atoms with Crippen molar-refractivity contribution in [3.05, 3.63) is 35.4 Å². The summed E-state index contributed by atoms with van der Waals surface area (Å²) < 4.78 is 12.2. The minimum Gasteiger partial charge on any atom is -0.435 e.